The molecule has 4 N–H and O–H groups in total. The van der Waals surface area contributed by atoms with E-state index in [4.69, 9.17) is 0 Å². The SMILES string of the molecule is CC(=CC(=O)N[C@@H](C)C(=O)N[C@@H](C)C(=O)N1CCC[C@@H]1C(=O)N[C@H](C(=O)O)C(C)C)c1ccccc1. The van der Waals surface area contributed by atoms with Gasteiger partial charge in [-0.05, 0) is 50.7 Å². The molecule has 0 radical (unpaired) electrons. The molecular formula is C26H36N4O6. The highest BCUT2D eigenvalue weighted by atomic mass is 16.4. The number of likely N-dealkylation sites (tertiary alicyclic amines) is 1. The van der Waals surface area contributed by atoms with E-state index >= 15 is 0 Å². The fourth-order valence-corrected chi connectivity index (χ4v) is 4.02. The lowest BCUT2D eigenvalue weighted by Crippen LogP contribution is -2.56. The number of carbonyl (C=O) groups is 5. The molecule has 0 bridgehead atoms. The first kappa shape index (κ1) is 28.5. The van der Waals surface area contributed by atoms with Crippen LogP contribution in [0.3, 0.4) is 0 Å². The van der Waals surface area contributed by atoms with Crippen LogP contribution in [-0.4, -0.2) is 70.3 Å². The smallest absolute Gasteiger partial charge is 0.326 e. The highest BCUT2D eigenvalue weighted by Gasteiger charge is 2.38. The number of hydrogen-bond acceptors (Lipinski definition) is 5. The van der Waals surface area contributed by atoms with Gasteiger partial charge in [-0.1, -0.05) is 44.2 Å². The Kier molecular flexibility index (Phi) is 10.2. The van der Waals surface area contributed by atoms with Crippen molar-refractivity contribution < 1.29 is 29.1 Å². The lowest BCUT2D eigenvalue weighted by atomic mass is 10.0. The number of rotatable bonds is 10. The van der Waals surface area contributed by atoms with Gasteiger partial charge in [0, 0.05) is 12.6 Å². The third-order valence-electron chi connectivity index (χ3n) is 6.13. The van der Waals surface area contributed by atoms with E-state index in [0.717, 1.165) is 11.1 Å². The van der Waals surface area contributed by atoms with Gasteiger partial charge in [0.25, 0.3) is 0 Å². The van der Waals surface area contributed by atoms with Gasteiger partial charge < -0.3 is 26.0 Å². The maximum absolute atomic E-state index is 13.0. The van der Waals surface area contributed by atoms with E-state index in [9.17, 15) is 29.1 Å². The molecule has 10 nitrogen and oxygen atoms in total. The number of carboxylic acid groups (broad SMARTS) is 1. The summed E-state index contributed by atoms with van der Waals surface area (Å²) in [5.74, 6) is -3.41. The number of hydrogen-bond donors (Lipinski definition) is 4. The molecule has 0 unspecified atom stereocenters. The molecule has 1 saturated heterocycles. The molecular weight excluding hydrogens is 464 g/mol. The van der Waals surface area contributed by atoms with E-state index in [2.05, 4.69) is 16.0 Å². The Morgan fingerprint density at radius 1 is 0.972 bits per heavy atom. The summed E-state index contributed by atoms with van der Waals surface area (Å²) in [5.41, 5.74) is 1.63. The van der Waals surface area contributed by atoms with Crippen LogP contribution in [0.1, 0.15) is 53.0 Å². The Balaban J connectivity index is 1.94. The quantitative estimate of drug-likeness (QED) is 0.357. The van der Waals surface area contributed by atoms with Gasteiger partial charge in [-0.3, -0.25) is 19.2 Å². The number of nitrogens with one attached hydrogen (secondary N) is 3. The van der Waals surface area contributed by atoms with Crippen molar-refractivity contribution >= 4 is 35.2 Å². The Morgan fingerprint density at radius 2 is 1.61 bits per heavy atom. The van der Waals surface area contributed by atoms with E-state index in [1.165, 1.54) is 24.8 Å². The molecule has 0 spiro atoms. The summed E-state index contributed by atoms with van der Waals surface area (Å²) >= 11 is 0. The van der Waals surface area contributed by atoms with Gasteiger partial charge in [-0.25, -0.2) is 4.79 Å². The molecule has 196 valence electrons. The van der Waals surface area contributed by atoms with Gasteiger partial charge >= 0.3 is 5.97 Å². The molecule has 10 heteroatoms. The molecule has 1 aliphatic rings. The summed E-state index contributed by atoms with van der Waals surface area (Å²) in [6.45, 7) is 8.52. The minimum absolute atomic E-state index is 0.321. The third kappa shape index (κ3) is 7.66. The van der Waals surface area contributed by atoms with Crippen LogP contribution < -0.4 is 16.0 Å². The number of amides is 4. The second-order valence-corrected chi connectivity index (χ2v) is 9.41. The van der Waals surface area contributed by atoms with Crippen molar-refractivity contribution in [2.45, 2.75) is 71.6 Å². The second-order valence-electron chi connectivity index (χ2n) is 9.41. The minimum atomic E-state index is -1.14. The van der Waals surface area contributed by atoms with Crippen molar-refractivity contribution in [3.05, 3.63) is 42.0 Å². The molecule has 0 aliphatic carbocycles. The van der Waals surface area contributed by atoms with E-state index in [-0.39, 0.29) is 5.92 Å². The zero-order valence-electron chi connectivity index (χ0n) is 21.4. The van der Waals surface area contributed by atoms with E-state index < -0.39 is 53.8 Å². The van der Waals surface area contributed by atoms with Gasteiger partial charge in [0.15, 0.2) is 0 Å². The Labute approximate surface area is 211 Å². The summed E-state index contributed by atoms with van der Waals surface area (Å²) < 4.78 is 0. The van der Waals surface area contributed by atoms with Gasteiger partial charge in [0.05, 0.1) is 0 Å². The van der Waals surface area contributed by atoms with Crippen molar-refractivity contribution in [1.82, 2.24) is 20.9 Å². The van der Waals surface area contributed by atoms with Crippen LogP contribution in [0.25, 0.3) is 5.57 Å². The monoisotopic (exact) mass is 500 g/mol. The lowest BCUT2D eigenvalue weighted by molar-refractivity contribution is -0.145. The average molecular weight is 501 g/mol. The fourth-order valence-electron chi connectivity index (χ4n) is 4.02. The van der Waals surface area contributed by atoms with Crippen molar-refractivity contribution in [3.8, 4) is 0 Å². The van der Waals surface area contributed by atoms with E-state index in [1.54, 1.807) is 20.8 Å². The predicted molar refractivity (Wildman–Crippen MR) is 134 cm³/mol. The molecule has 1 heterocycles. The zero-order chi connectivity index (χ0) is 27.0. The first-order chi connectivity index (χ1) is 16.9. The van der Waals surface area contributed by atoms with Gasteiger partial charge in [-0.2, -0.15) is 0 Å². The maximum Gasteiger partial charge on any atom is 0.326 e. The number of carbonyl (C=O) groups excluding carboxylic acids is 4. The average Bonchev–Trinajstić information content (AvgIpc) is 3.31. The third-order valence-corrected chi connectivity index (χ3v) is 6.13. The molecule has 2 rings (SSSR count). The molecule has 1 aromatic carbocycles. The Morgan fingerprint density at radius 3 is 2.19 bits per heavy atom. The van der Waals surface area contributed by atoms with Crippen molar-refractivity contribution in [3.63, 3.8) is 0 Å². The molecule has 0 aromatic heterocycles. The normalized spacial score (nSPS) is 18.2. The highest BCUT2D eigenvalue weighted by Crippen LogP contribution is 2.19. The number of nitrogens with zero attached hydrogens (tertiary/aromatic N) is 1. The molecule has 0 saturated carbocycles. The fraction of sp³-hybridized carbons (Fsp3) is 0.500. The summed E-state index contributed by atoms with van der Waals surface area (Å²) in [4.78, 5) is 63.5. The number of benzene rings is 1. The van der Waals surface area contributed by atoms with Crippen molar-refractivity contribution in [2.75, 3.05) is 6.54 Å². The molecule has 4 amide bonds. The standard InChI is InChI=1S/C26H36N4O6/c1-15(2)22(26(35)36)29-24(33)20-12-9-13-30(20)25(34)18(5)28-23(32)17(4)27-21(31)14-16(3)19-10-7-6-8-11-19/h6-8,10-11,14-15,17-18,20,22H,9,12-13H2,1-5H3,(H,27,31)(H,28,32)(H,29,33)(H,35,36)/t17-,18-,20+,22-/m0/s1. The first-order valence-corrected chi connectivity index (χ1v) is 12.1. The van der Waals surface area contributed by atoms with Crippen LogP contribution in [0.4, 0.5) is 0 Å². The molecule has 1 aliphatic heterocycles. The summed E-state index contributed by atoms with van der Waals surface area (Å²) in [6, 6.07) is 5.65. The summed E-state index contributed by atoms with van der Waals surface area (Å²) in [6.07, 6.45) is 2.40. The van der Waals surface area contributed by atoms with E-state index in [1.807, 2.05) is 30.3 Å². The van der Waals surface area contributed by atoms with Crippen LogP contribution >= 0.6 is 0 Å². The number of aliphatic carboxylic acids is 1. The van der Waals surface area contributed by atoms with Crippen molar-refractivity contribution in [1.29, 1.82) is 0 Å². The molecule has 1 fully saturated rings. The summed E-state index contributed by atoms with van der Waals surface area (Å²) in [7, 11) is 0. The minimum Gasteiger partial charge on any atom is -0.480 e. The van der Waals surface area contributed by atoms with E-state index in [0.29, 0.717) is 19.4 Å². The predicted octanol–water partition coefficient (Wildman–Crippen LogP) is 1.32. The zero-order valence-corrected chi connectivity index (χ0v) is 21.4. The van der Waals surface area contributed by atoms with Crippen molar-refractivity contribution in [2.24, 2.45) is 5.92 Å². The van der Waals surface area contributed by atoms with Crippen LogP contribution in [0.5, 0.6) is 0 Å². The number of allylic oxidation sites excluding steroid dienone is 1. The Bertz CT molecular complexity index is 1010. The largest absolute Gasteiger partial charge is 0.480 e. The number of carboxylic acids is 1. The highest BCUT2D eigenvalue weighted by molar-refractivity contribution is 5.98. The van der Waals surface area contributed by atoms with Gasteiger partial charge in [0.2, 0.25) is 23.6 Å². The van der Waals surface area contributed by atoms with Crippen LogP contribution in [0, 0.1) is 5.92 Å². The summed E-state index contributed by atoms with van der Waals surface area (Å²) in [5, 5.41) is 17.0. The lowest BCUT2D eigenvalue weighted by Gasteiger charge is -2.29. The molecule has 4 atom stereocenters. The molecule has 36 heavy (non-hydrogen) atoms. The maximum atomic E-state index is 13.0. The topological polar surface area (TPSA) is 145 Å². The first-order valence-electron chi connectivity index (χ1n) is 12.1. The Hall–Kier alpha value is -3.69. The van der Waals surface area contributed by atoms with Crippen LogP contribution in [0.2, 0.25) is 0 Å². The van der Waals surface area contributed by atoms with Crippen LogP contribution in [-0.2, 0) is 24.0 Å². The molecule has 1 aromatic rings. The second kappa shape index (κ2) is 12.9. The van der Waals surface area contributed by atoms with Crippen LogP contribution in [0.15, 0.2) is 36.4 Å². The van der Waals surface area contributed by atoms with Gasteiger partial charge in [0.1, 0.15) is 24.2 Å². The van der Waals surface area contributed by atoms with Gasteiger partial charge in [-0.15, -0.1) is 0 Å².